The van der Waals surface area contributed by atoms with Gasteiger partial charge in [-0.2, -0.15) is 0 Å². The monoisotopic (exact) mass is 668 g/mol. The third kappa shape index (κ3) is 4.51. The fourth-order valence-electron chi connectivity index (χ4n) is 8.84. The molecule has 1 heteroatoms. The van der Waals surface area contributed by atoms with Crippen molar-refractivity contribution in [3.63, 3.8) is 0 Å². The zero-order valence-corrected chi connectivity index (χ0v) is 29.8. The maximum atomic E-state index is 2.37. The Morgan fingerprint density at radius 2 is 0.686 bits per heavy atom. The minimum Gasteiger partial charge on any atom is -0.135 e. The van der Waals surface area contributed by atoms with Crippen LogP contribution in [0.4, 0.5) is 0 Å². The van der Waals surface area contributed by atoms with Gasteiger partial charge in [-0.25, -0.2) is 0 Å². The predicted octanol–water partition coefficient (Wildman–Crippen LogP) is 15.0. The Labute approximate surface area is 302 Å². The zero-order chi connectivity index (χ0) is 34.3. The normalized spacial score (nSPS) is 12.2. The first kappa shape index (κ1) is 30.1. The first-order valence-electron chi connectivity index (χ1n) is 17.9. The Morgan fingerprint density at radius 3 is 1.10 bits per heavy atom. The Kier molecular flexibility index (Phi) is 6.72. The van der Waals surface area contributed by atoms with E-state index in [1.54, 1.807) is 0 Å². The number of hydrogen-bond acceptors (Lipinski definition) is 1. The first-order chi connectivity index (χ1) is 25.0. The SMILES string of the molecule is CC(C)(C)c1c2ccccc2c(-c2cccc3sc4cccc(-c5c6ccccc6c(-c6ccccc6)c6ccccc56)c4c23)c2ccccc12. The molecule has 0 N–H and O–H groups in total. The molecule has 0 aliphatic carbocycles. The summed E-state index contributed by atoms with van der Waals surface area (Å²) in [6, 6.07) is 60.9. The van der Waals surface area contributed by atoms with E-state index in [0.29, 0.717) is 0 Å². The van der Waals surface area contributed by atoms with Gasteiger partial charge in [0.2, 0.25) is 0 Å². The number of rotatable bonds is 3. The summed E-state index contributed by atoms with van der Waals surface area (Å²) in [5.74, 6) is 0. The lowest BCUT2D eigenvalue weighted by Crippen LogP contribution is -2.13. The second-order valence-corrected chi connectivity index (χ2v) is 15.8. The predicted molar refractivity (Wildman–Crippen MR) is 224 cm³/mol. The van der Waals surface area contributed by atoms with E-state index in [2.05, 4.69) is 185 Å². The summed E-state index contributed by atoms with van der Waals surface area (Å²) in [6.45, 7) is 7.04. The van der Waals surface area contributed by atoms with Crippen LogP contribution in [0.2, 0.25) is 0 Å². The molecule has 0 atom stereocenters. The molecule has 0 amide bonds. The molecule has 0 saturated carbocycles. The average molecular weight is 669 g/mol. The summed E-state index contributed by atoms with van der Waals surface area (Å²) in [7, 11) is 0. The Balaban J connectivity index is 1.38. The Morgan fingerprint density at radius 1 is 0.333 bits per heavy atom. The van der Waals surface area contributed by atoms with E-state index in [1.807, 2.05) is 11.3 Å². The smallest absolute Gasteiger partial charge is 0.0361 e. The molecule has 1 aromatic heterocycles. The van der Waals surface area contributed by atoms with E-state index >= 15 is 0 Å². The van der Waals surface area contributed by atoms with Crippen molar-refractivity contribution in [1.82, 2.24) is 0 Å². The molecule has 10 aromatic rings. The molecule has 51 heavy (non-hydrogen) atoms. The minimum absolute atomic E-state index is 0.0139. The van der Waals surface area contributed by atoms with Crippen LogP contribution in [0, 0.1) is 0 Å². The molecule has 1 heterocycles. The molecule has 0 unspecified atom stereocenters. The molecule has 9 aromatic carbocycles. The number of benzene rings is 9. The van der Waals surface area contributed by atoms with Crippen molar-refractivity contribution >= 4 is 74.6 Å². The highest BCUT2D eigenvalue weighted by molar-refractivity contribution is 7.26. The molecule has 0 aliphatic rings. The summed E-state index contributed by atoms with van der Waals surface area (Å²) in [4.78, 5) is 0. The third-order valence-electron chi connectivity index (χ3n) is 10.7. The largest absolute Gasteiger partial charge is 0.135 e. The van der Waals surface area contributed by atoms with E-state index in [9.17, 15) is 0 Å². The van der Waals surface area contributed by atoms with Gasteiger partial charge in [-0.3, -0.25) is 0 Å². The molecule has 0 spiro atoms. The molecule has 0 bridgehead atoms. The minimum atomic E-state index is -0.0139. The quantitative estimate of drug-likeness (QED) is 0.164. The molecular formula is C50H36S. The fourth-order valence-corrected chi connectivity index (χ4v) is 10.0. The topological polar surface area (TPSA) is 0 Å². The van der Waals surface area contributed by atoms with Gasteiger partial charge in [0.25, 0.3) is 0 Å². The van der Waals surface area contributed by atoms with E-state index in [4.69, 9.17) is 0 Å². The second-order valence-electron chi connectivity index (χ2n) is 14.8. The first-order valence-corrected chi connectivity index (χ1v) is 18.7. The molecule has 0 aliphatic heterocycles. The highest BCUT2D eigenvalue weighted by Crippen LogP contribution is 2.51. The van der Waals surface area contributed by atoms with Gasteiger partial charge < -0.3 is 0 Å². The molecule has 0 radical (unpaired) electrons. The van der Waals surface area contributed by atoms with Crippen LogP contribution in [0.15, 0.2) is 164 Å². The number of fused-ring (bicyclic) bond motifs is 7. The van der Waals surface area contributed by atoms with Crippen molar-refractivity contribution in [3.8, 4) is 33.4 Å². The maximum Gasteiger partial charge on any atom is 0.0361 e. The van der Waals surface area contributed by atoms with Crippen LogP contribution in [-0.4, -0.2) is 0 Å². The second kappa shape index (κ2) is 11.4. The maximum absolute atomic E-state index is 2.37. The Hall–Kier alpha value is -5.76. The highest BCUT2D eigenvalue weighted by atomic mass is 32.1. The van der Waals surface area contributed by atoms with Gasteiger partial charge in [-0.05, 0) is 99.6 Å². The van der Waals surface area contributed by atoms with Gasteiger partial charge in [0.1, 0.15) is 0 Å². The van der Waals surface area contributed by atoms with Crippen molar-refractivity contribution in [2.24, 2.45) is 0 Å². The lowest BCUT2D eigenvalue weighted by Gasteiger charge is -2.26. The zero-order valence-electron chi connectivity index (χ0n) is 29.0. The van der Waals surface area contributed by atoms with Crippen LogP contribution in [-0.2, 0) is 5.41 Å². The number of thiophene rings is 1. The van der Waals surface area contributed by atoms with E-state index in [-0.39, 0.29) is 5.41 Å². The van der Waals surface area contributed by atoms with Crippen molar-refractivity contribution in [3.05, 3.63) is 169 Å². The van der Waals surface area contributed by atoms with Crippen molar-refractivity contribution in [2.45, 2.75) is 26.2 Å². The fraction of sp³-hybridized carbons (Fsp3) is 0.0800. The Bertz CT molecular complexity index is 2880. The summed E-state index contributed by atoms with van der Waals surface area (Å²) in [6.07, 6.45) is 0. The van der Waals surface area contributed by atoms with Crippen LogP contribution in [0.5, 0.6) is 0 Å². The van der Waals surface area contributed by atoms with E-state index < -0.39 is 0 Å². The third-order valence-corrected chi connectivity index (χ3v) is 11.9. The summed E-state index contributed by atoms with van der Waals surface area (Å²) in [5.41, 5.74) is 9.16. The van der Waals surface area contributed by atoms with Gasteiger partial charge in [-0.1, -0.05) is 172 Å². The summed E-state index contributed by atoms with van der Waals surface area (Å²) in [5, 5.41) is 13.1. The summed E-state index contributed by atoms with van der Waals surface area (Å²) < 4.78 is 2.63. The van der Waals surface area contributed by atoms with Gasteiger partial charge in [0.15, 0.2) is 0 Å². The van der Waals surface area contributed by atoms with Crippen LogP contribution >= 0.6 is 11.3 Å². The van der Waals surface area contributed by atoms with E-state index in [1.165, 1.54) is 102 Å². The summed E-state index contributed by atoms with van der Waals surface area (Å²) >= 11 is 1.91. The van der Waals surface area contributed by atoms with Crippen LogP contribution < -0.4 is 0 Å². The van der Waals surface area contributed by atoms with Crippen LogP contribution in [0.3, 0.4) is 0 Å². The molecule has 0 nitrogen and oxygen atoms in total. The van der Waals surface area contributed by atoms with Crippen molar-refractivity contribution in [2.75, 3.05) is 0 Å². The molecule has 0 fully saturated rings. The lowest BCUT2D eigenvalue weighted by molar-refractivity contribution is 0.601. The van der Waals surface area contributed by atoms with Crippen LogP contribution in [0.25, 0.3) is 96.6 Å². The molecule has 242 valence electrons. The average Bonchev–Trinajstić information content (AvgIpc) is 3.55. The molecular weight excluding hydrogens is 633 g/mol. The molecule has 10 rings (SSSR count). The lowest BCUT2D eigenvalue weighted by atomic mass is 9.77. The van der Waals surface area contributed by atoms with Crippen molar-refractivity contribution in [1.29, 1.82) is 0 Å². The van der Waals surface area contributed by atoms with Crippen molar-refractivity contribution < 1.29 is 0 Å². The number of hydrogen-bond donors (Lipinski definition) is 0. The van der Waals surface area contributed by atoms with Gasteiger partial charge >= 0.3 is 0 Å². The van der Waals surface area contributed by atoms with Gasteiger partial charge in [-0.15, -0.1) is 11.3 Å². The van der Waals surface area contributed by atoms with Gasteiger partial charge in [0, 0.05) is 20.2 Å². The van der Waals surface area contributed by atoms with Gasteiger partial charge in [0.05, 0.1) is 0 Å². The standard InChI is InChI=1S/C50H36S/c1-50(2,3)49-38-25-13-11-23-36(38)46(37-24-12-14-26-39(37)49)41-28-16-30-43-48(41)47-40(27-15-29-42(47)51-43)45-34-21-9-7-19-32(34)44(31-17-5-4-6-18-31)33-20-8-10-22-35(33)45/h4-30H,1-3H3. The highest BCUT2D eigenvalue weighted by Gasteiger charge is 2.26. The van der Waals surface area contributed by atoms with Crippen LogP contribution in [0.1, 0.15) is 26.3 Å². The molecule has 0 saturated heterocycles. The van der Waals surface area contributed by atoms with E-state index in [0.717, 1.165) is 0 Å².